The molecule has 1 aliphatic rings. The van der Waals surface area contributed by atoms with Crippen LogP contribution in [0.15, 0.2) is 29.2 Å². The Labute approximate surface area is 189 Å². The van der Waals surface area contributed by atoms with Crippen LogP contribution in [-0.4, -0.2) is 56.2 Å². The van der Waals surface area contributed by atoms with E-state index in [2.05, 4.69) is 0 Å². The molecule has 2 aromatic rings. The summed E-state index contributed by atoms with van der Waals surface area (Å²) in [6.45, 7) is 2.67. The number of carbonyl (C=O) groups is 2. The average molecular weight is 466 g/mol. The van der Waals surface area contributed by atoms with Gasteiger partial charge in [-0.05, 0) is 36.4 Å². The largest absolute Gasteiger partial charge is 0.507 e. The number of likely N-dealkylation sites (tertiary alicyclic amines) is 1. The Morgan fingerprint density at radius 1 is 1.19 bits per heavy atom. The SMILES string of the molecule is COCCCN1C(=O)C(=O)/C(=C(/O)c2cc(OC)c(Cl)cc2OC)C1c1sccc1C. The molecule has 0 spiro atoms. The molecule has 1 aromatic carbocycles. The fraction of sp³-hybridized carbons (Fsp3) is 0.364. The highest BCUT2D eigenvalue weighted by atomic mass is 35.5. The summed E-state index contributed by atoms with van der Waals surface area (Å²) < 4.78 is 15.7. The van der Waals surface area contributed by atoms with Gasteiger partial charge in [0.05, 0.1) is 36.4 Å². The Morgan fingerprint density at radius 3 is 2.48 bits per heavy atom. The second-order valence-corrected chi connectivity index (χ2v) is 8.35. The summed E-state index contributed by atoms with van der Waals surface area (Å²) in [4.78, 5) is 28.3. The molecule has 0 radical (unpaired) electrons. The molecule has 1 aromatic heterocycles. The zero-order valence-electron chi connectivity index (χ0n) is 17.7. The van der Waals surface area contributed by atoms with E-state index in [0.29, 0.717) is 30.3 Å². The van der Waals surface area contributed by atoms with Crippen LogP contribution in [0, 0.1) is 6.92 Å². The molecule has 1 atom stereocenters. The molecule has 1 saturated heterocycles. The van der Waals surface area contributed by atoms with Crippen molar-refractivity contribution in [3.05, 3.63) is 50.2 Å². The summed E-state index contributed by atoms with van der Waals surface area (Å²) in [6, 6.07) is 4.20. The van der Waals surface area contributed by atoms with Crippen molar-refractivity contribution < 1.29 is 28.9 Å². The van der Waals surface area contributed by atoms with E-state index in [1.54, 1.807) is 7.11 Å². The highest BCUT2D eigenvalue weighted by molar-refractivity contribution is 7.10. The number of amides is 1. The van der Waals surface area contributed by atoms with Gasteiger partial charge in [0.1, 0.15) is 17.3 Å². The molecule has 1 unspecified atom stereocenters. The summed E-state index contributed by atoms with van der Waals surface area (Å²) in [6.07, 6.45) is 0.558. The lowest BCUT2D eigenvalue weighted by atomic mass is 9.97. The number of nitrogens with zero attached hydrogens (tertiary/aromatic N) is 1. The molecule has 7 nitrogen and oxygen atoms in total. The van der Waals surface area contributed by atoms with E-state index < -0.39 is 17.7 Å². The quantitative estimate of drug-likeness (QED) is 0.272. The van der Waals surface area contributed by atoms with Crippen LogP contribution < -0.4 is 9.47 Å². The maximum absolute atomic E-state index is 13.1. The van der Waals surface area contributed by atoms with Crippen LogP contribution in [0.1, 0.15) is 28.5 Å². The van der Waals surface area contributed by atoms with Crippen LogP contribution >= 0.6 is 22.9 Å². The lowest BCUT2D eigenvalue weighted by Gasteiger charge is -2.25. The van der Waals surface area contributed by atoms with Crippen molar-refractivity contribution in [1.82, 2.24) is 4.90 Å². The third-order valence-electron chi connectivity index (χ3n) is 5.17. The van der Waals surface area contributed by atoms with Crippen LogP contribution in [0.25, 0.3) is 5.76 Å². The smallest absolute Gasteiger partial charge is 0.295 e. The number of benzene rings is 1. The van der Waals surface area contributed by atoms with Crippen LogP contribution in [0.3, 0.4) is 0 Å². The molecule has 166 valence electrons. The number of methoxy groups -OCH3 is 3. The van der Waals surface area contributed by atoms with E-state index in [4.69, 9.17) is 25.8 Å². The molecule has 1 aliphatic heterocycles. The monoisotopic (exact) mass is 465 g/mol. The predicted molar refractivity (Wildman–Crippen MR) is 119 cm³/mol. The normalized spacial score (nSPS) is 18.0. The maximum atomic E-state index is 13.1. The number of aliphatic hydroxyl groups excluding tert-OH is 1. The summed E-state index contributed by atoms with van der Waals surface area (Å²) in [7, 11) is 4.45. The second kappa shape index (κ2) is 9.72. The molecular formula is C22H24ClNO6S. The van der Waals surface area contributed by atoms with Crippen molar-refractivity contribution in [3.63, 3.8) is 0 Å². The van der Waals surface area contributed by atoms with Crippen molar-refractivity contribution in [2.45, 2.75) is 19.4 Å². The van der Waals surface area contributed by atoms with Gasteiger partial charge in [-0.3, -0.25) is 9.59 Å². The Balaban J connectivity index is 2.21. The Hall–Kier alpha value is -2.55. The number of Topliss-reactive ketones (excluding diaryl/α,β-unsaturated/α-hetero) is 1. The van der Waals surface area contributed by atoms with Crippen LogP contribution in [-0.2, 0) is 14.3 Å². The van der Waals surface area contributed by atoms with Gasteiger partial charge in [0.2, 0.25) is 0 Å². The fourth-order valence-corrected chi connectivity index (χ4v) is 4.90. The number of ether oxygens (including phenoxy) is 3. The number of aryl methyl sites for hydroxylation is 1. The van der Waals surface area contributed by atoms with Gasteiger partial charge in [0, 0.05) is 31.2 Å². The Bertz CT molecular complexity index is 1030. The highest BCUT2D eigenvalue weighted by Gasteiger charge is 2.47. The minimum absolute atomic E-state index is 0.00985. The molecule has 0 bridgehead atoms. The lowest BCUT2D eigenvalue weighted by Crippen LogP contribution is -2.31. The van der Waals surface area contributed by atoms with Gasteiger partial charge in [-0.2, -0.15) is 0 Å². The molecule has 1 N–H and O–H groups in total. The molecule has 1 fully saturated rings. The molecule has 9 heteroatoms. The first-order valence-electron chi connectivity index (χ1n) is 9.58. The van der Waals surface area contributed by atoms with E-state index in [9.17, 15) is 14.7 Å². The molecule has 3 rings (SSSR count). The van der Waals surface area contributed by atoms with Crippen molar-refractivity contribution in [2.75, 3.05) is 34.5 Å². The van der Waals surface area contributed by atoms with E-state index in [1.165, 1.54) is 42.6 Å². The second-order valence-electron chi connectivity index (χ2n) is 6.99. The standard InChI is InChI=1S/C22H24ClNO6S/c1-12-6-9-31-21(12)18-17(20(26)22(27)24(18)7-5-8-28-2)19(25)13-10-16(30-4)14(23)11-15(13)29-3/h6,9-11,18,25H,5,7-8H2,1-4H3/b19-17+. The number of rotatable bonds is 8. The average Bonchev–Trinajstić information content (AvgIpc) is 3.28. The maximum Gasteiger partial charge on any atom is 0.295 e. The number of ketones is 1. The first-order chi connectivity index (χ1) is 14.8. The number of aliphatic hydroxyl groups is 1. The molecule has 0 saturated carbocycles. The van der Waals surface area contributed by atoms with Gasteiger partial charge in [-0.1, -0.05) is 11.6 Å². The third kappa shape index (κ3) is 4.28. The Kier molecular flexibility index (Phi) is 7.25. The van der Waals surface area contributed by atoms with E-state index in [1.807, 2.05) is 18.4 Å². The van der Waals surface area contributed by atoms with Gasteiger partial charge < -0.3 is 24.2 Å². The fourth-order valence-electron chi connectivity index (χ4n) is 3.62. The number of carbonyl (C=O) groups excluding carboxylic acids is 2. The lowest BCUT2D eigenvalue weighted by molar-refractivity contribution is -0.140. The van der Waals surface area contributed by atoms with Gasteiger partial charge in [0.25, 0.3) is 11.7 Å². The van der Waals surface area contributed by atoms with E-state index >= 15 is 0 Å². The summed E-state index contributed by atoms with van der Waals surface area (Å²) in [5, 5.41) is 13.4. The van der Waals surface area contributed by atoms with Gasteiger partial charge in [-0.25, -0.2) is 0 Å². The topological polar surface area (TPSA) is 85.3 Å². The molecule has 2 heterocycles. The number of hydrogen-bond donors (Lipinski definition) is 1. The Morgan fingerprint density at radius 2 is 1.90 bits per heavy atom. The van der Waals surface area contributed by atoms with Crippen molar-refractivity contribution in [2.24, 2.45) is 0 Å². The molecular weight excluding hydrogens is 442 g/mol. The minimum atomic E-state index is -0.747. The number of halogens is 1. The first kappa shape index (κ1) is 23.1. The van der Waals surface area contributed by atoms with Crippen molar-refractivity contribution >= 4 is 40.4 Å². The van der Waals surface area contributed by atoms with Gasteiger partial charge >= 0.3 is 0 Å². The molecule has 1 amide bonds. The highest BCUT2D eigenvalue weighted by Crippen LogP contribution is 2.45. The summed E-state index contributed by atoms with van der Waals surface area (Å²) in [5.41, 5.74) is 1.16. The number of hydrogen-bond acceptors (Lipinski definition) is 7. The molecule has 31 heavy (non-hydrogen) atoms. The predicted octanol–water partition coefficient (Wildman–Crippen LogP) is 4.19. The van der Waals surface area contributed by atoms with Gasteiger partial charge in [0.15, 0.2) is 0 Å². The third-order valence-corrected chi connectivity index (χ3v) is 6.53. The minimum Gasteiger partial charge on any atom is -0.507 e. The zero-order valence-corrected chi connectivity index (χ0v) is 19.3. The van der Waals surface area contributed by atoms with E-state index in [-0.39, 0.29) is 22.6 Å². The van der Waals surface area contributed by atoms with Crippen LogP contribution in [0.4, 0.5) is 0 Å². The van der Waals surface area contributed by atoms with Crippen molar-refractivity contribution in [3.8, 4) is 11.5 Å². The first-order valence-corrected chi connectivity index (χ1v) is 10.8. The molecule has 0 aliphatic carbocycles. The zero-order chi connectivity index (χ0) is 22.7. The van der Waals surface area contributed by atoms with Crippen molar-refractivity contribution in [1.29, 1.82) is 0 Å². The van der Waals surface area contributed by atoms with Crippen LogP contribution in [0.5, 0.6) is 11.5 Å². The van der Waals surface area contributed by atoms with Crippen LogP contribution in [0.2, 0.25) is 5.02 Å². The van der Waals surface area contributed by atoms with E-state index in [0.717, 1.165) is 10.4 Å². The summed E-state index contributed by atoms with van der Waals surface area (Å²) in [5.74, 6) is -1.17. The number of thiophene rings is 1. The van der Waals surface area contributed by atoms with Gasteiger partial charge in [-0.15, -0.1) is 11.3 Å². The summed E-state index contributed by atoms with van der Waals surface area (Å²) >= 11 is 7.61.